The van der Waals surface area contributed by atoms with Gasteiger partial charge in [-0.1, -0.05) is 0 Å². The van der Waals surface area contributed by atoms with Crippen LogP contribution in [0.15, 0.2) is 18.5 Å². The highest BCUT2D eigenvalue weighted by molar-refractivity contribution is 5.21. The molecule has 17 heavy (non-hydrogen) atoms. The molecule has 3 heteroatoms. The molecule has 0 aromatic carbocycles. The van der Waals surface area contributed by atoms with Gasteiger partial charge in [0, 0.05) is 32.1 Å². The van der Waals surface area contributed by atoms with E-state index in [-0.39, 0.29) is 0 Å². The summed E-state index contributed by atoms with van der Waals surface area (Å²) in [6, 6.07) is 2.69. The van der Waals surface area contributed by atoms with Crippen LogP contribution < -0.4 is 5.32 Å². The monoisotopic (exact) mass is 234 g/mol. The molecule has 1 saturated carbocycles. The Kier molecular flexibility index (Phi) is 4.51. The predicted molar refractivity (Wildman–Crippen MR) is 68.9 cm³/mol. The molecule has 0 bridgehead atoms. The lowest BCUT2D eigenvalue weighted by atomic mass is 9.92. The van der Waals surface area contributed by atoms with Gasteiger partial charge in [-0.15, -0.1) is 0 Å². The standard InChI is InChI=1S/C14H22N2O/c1-11-9-15-7-6-12(11)10-16-13-4-3-5-14(8-13)17-2/h6-7,9,13-14,16H,3-5,8,10H2,1-2H3. The van der Waals surface area contributed by atoms with Crippen LogP contribution in [0.5, 0.6) is 0 Å². The fourth-order valence-electron chi connectivity index (χ4n) is 2.50. The highest BCUT2D eigenvalue weighted by Gasteiger charge is 2.21. The van der Waals surface area contributed by atoms with E-state index in [2.05, 4.69) is 23.3 Å². The van der Waals surface area contributed by atoms with Crippen molar-refractivity contribution in [2.45, 2.75) is 51.3 Å². The molecule has 94 valence electrons. The second-order valence-electron chi connectivity index (χ2n) is 4.90. The molecule has 1 heterocycles. The summed E-state index contributed by atoms with van der Waals surface area (Å²) in [5, 5.41) is 3.64. The summed E-state index contributed by atoms with van der Waals surface area (Å²) in [4.78, 5) is 4.12. The Morgan fingerprint density at radius 2 is 2.35 bits per heavy atom. The minimum atomic E-state index is 0.444. The van der Waals surface area contributed by atoms with Crippen molar-refractivity contribution in [1.29, 1.82) is 0 Å². The van der Waals surface area contributed by atoms with Crippen molar-refractivity contribution in [2.75, 3.05) is 7.11 Å². The van der Waals surface area contributed by atoms with Crippen molar-refractivity contribution >= 4 is 0 Å². The van der Waals surface area contributed by atoms with Crippen molar-refractivity contribution < 1.29 is 4.74 Å². The molecule has 2 rings (SSSR count). The second kappa shape index (κ2) is 6.12. The molecule has 0 aliphatic heterocycles. The minimum absolute atomic E-state index is 0.444. The van der Waals surface area contributed by atoms with Gasteiger partial charge in [-0.05, 0) is 49.8 Å². The van der Waals surface area contributed by atoms with Gasteiger partial charge in [0.15, 0.2) is 0 Å². The molecule has 0 radical (unpaired) electrons. The summed E-state index contributed by atoms with van der Waals surface area (Å²) in [6.45, 7) is 3.05. The number of rotatable bonds is 4. The zero-order valence-corrected chi connectivity index (χ0v) is 10.8. The summed E-state index contributed by atoms with van der Waals surface area (Å²) in [5.74, 6) is 0. The number of pyridine rings is 1. The predicted octanol–water partition coefficient (Wildman–Crippen LogP) is 2.44. The summed E-state index contributed by atoms with van der Waals surface area (Å²) >= 11 is 0. The number of nitrogens with zero attached hydrogens (tertiary/aromatic N) is 1. The van der Waals surface area contributed by atoms with Crippen molar-refractivity contribution in [3.63, 3.8) is 0 Å². The third-order valence-electron chi connectivity index (χ3n) is 3.68. The van der Waals surface area contributed by atoms with Gasteiger partial charge in [0.1, 0.15) is 0 Å². The topological polar surface area (TPSA) is 34.1 Å². The molecule has 0 saturated heterocycles. The van der Waals surface area contributed by atoms with E-state index in [1.165, 1.54) is 30.4 Å². The number of aromatic nitrogens is 1. The lowest BCUT2D eigenvalue weighted by Crippen LogP contribution is -2.36. The number of hydrogen-bond donors (Lipinski definition) is 1. The smallest absolute Gasteiger partial charge is 0.0586 e. The molecule has 3 nitrogen and oxygen atoms in total. The van der Waals surface area contributed by atoms with Crippen LogP contribution >= 0.6 is 0 Å². The molecular weight excluding hydrogens is 212 g/mol. The average Bonchev–Trinajstić information content (AvgIpc) is 2.38. The van der Waals surface area contributed by atoms with E-state index in [1.807, 2.05) is 19.5 Å². The Hall–Kier alpha value is -0.930. The van der Waals surface area contributed by atoms with E-state index in [4.69, 9.17) is 4.74 Å². The first kappa shape index (κ1) is 12.5. The molecule has 0 amide bonds. The van der Waals surface area contributed by atoms with Gasteiger partial charge in [-0.3, -0.25) is 4.98 Å². The Morgan fingerprint density at radius 1 is 1.47 bits per heavy atom. The first-order chi connectivity index (χ1) is 8.29. The number of nitrogens with one attached hydrogen (secondary N) is 1. The molecule has 1 aliphatic carbocycles. The highest BCUT2D eigenvalue weighted by atomic mass is 16.5. The van der Waals surface area contributed by atoms with Crippen molar-refractivity contribution in [1.82, 2.24) is 10.3 Å². The van der Waals surface area contributed by atoms with Crippen LogP contribution in [0.4, 0.5) is 0 Å². The zero-order valence-electron chi connectivity index (χ0n) is 10.8. The van der Waals surface area contributed by atoms with Crippen LogP contribution in [0, 0.1) is 6.92 Å². The van der Waals surface area contributed by atoms with E-state index in [9.17, 15) is 0 Å². The number of ether oxygens (including phenoxy) is 1. The van der Waals surface area contributed by atoms with Crippen LogP contribution in [-0.2, 0) is 11.3 Å². The van der Waals surface area contributed by atoms with Gasteiger partial charge in [0.05, 0.1) is 6.10 Å². The molecule has 1 N–H and O–H groups in total. The quantitative estimate of drug-likeness (QED) is 0.869. The van der Waals surface area contributed by atoms with Gasteiger partial charge >= 0.3 is 0 Å². The second-order valence-corrected chi connectivity index (χ2v) is 4.90. The maximum Gasteiger partial charge on any atom is 0.0586 e. The van der Waals surface area contributed by atoms with E-state index >= 15 is 0 Å². The molecule has 1 aliphatic rings. The zero-order chi connectivity index (χ0) is 12.1. The Bertz CT molecular complexity index is 354. The maximum absolute atomic E-state index is 5.45. The van der Waals surface area contributed by atoms with Crippen LogP contribution in [0.3, 0.4) is 0 Å². The van der Waals surface area contributed by atoms with E-state index in [0.29, 0.717) is 12.1 Å². The molecule has 1 aromatic heterocycles. The largest absolute Gasteiger partial charge is 0.381 e. The van der Waals surface area contributed by atoms with Crippen molar-refractivity contribution in [3.05, 3.63) is 29.6 Å². The van der Waals surface area contributed by atoms with Crippen LogP contribution in [0.2, 0.25) is 0 Å². The van der Waals surface area contributed by atoms with Gasteiger partial charge in [-0.25, -0.2) is 0 Å². The third kappa shape index (κ3) is 3.51. The van der Waals surface area contributed by atoms with Crippen molar-refractivity contribution in [3.8, 4) is 0 Å². The van der Waals surface area contributed by atoms with Crippen LogP contribution in [-0.4, -0.2) is 24.2 Å². The molecule has 2 unspecified atom stereocenters. The number of hydrogen-bond acceptors (Lipinski definition) is 3. The Balaban J connectivity index is 1.84. The summed E-state index contributed by atoms with van der Waals surface area (Å²) in [6.07, 6.45) is 9.12. The van der Waals surface area contributed by atoms with E-state index in [0.717, 1.165) is 13.0 Å². The molecule has 1 aromatic rings. The fourth-order valence-corrected chi connectivity index (χ4v) is 2.50. The molecule has 1 fully saturated rings. The van der Waals surface area contributed by atoms with Gasteiger partial charge in [-0.2, -0.15) is 0 Å². The van der Waals surface area contributed by atoms with Crippen molar-refractivity contribution in [2.24, 2.45) is 0 Å². The lowest BCUT2D eigenvalue weighted by Gasteiger charge is -2.29. The average molecular weight is 234 g/mol. The first-order valence-electron chi connectivity index (χ1n) is 6.45. The lowest BCUT2D eigenvalue weighted by molar-refractivity contribution is 0.0586. The SMILES string of the molecule is COC1CCCC(NCc2ccncc2C)C1. The first-order valence-corrected chi connectivity index (χ1v) is 6.45. The van der Waals surface area contributed by atoms with E-state index in [1.54, 1.807) is 0 Å². The normalized spacial score (nSPS) is 24.8. The Labute approximate surface area is 104 Å². The third-order valence-corrected chi connectivity index (χ3v) is 3.68. The highest BCUT2D eigenvalue weighted by Crippen LogP contribution is 2.21. The van der Waals surface area contributed by atoms with E-state index < -0.39 is 0 Å². The van der Waals surface area contributed by atoms with Crippen LogP contribution in [0.25, 0.3) is 0 Å². The molecule has 0 spiro atoms. The van der Waals surface area contributed by atoms with Gasteiger partial charge < -0.3 is 10.1 Å². The molecular formula is C14H22N2O. The maximum atomic E-state index is 5.45. The fraction of sp³-hybridized carbons (Fsp3) is 0.643. The Morgan fingerprint density at radius 3 is 3.12 bits per heavy atom. The summed E-state index contributed by atoms with van der Waals surface area (Å²) in [7, 11) is 1.82. The minimum Gasteiger partial charge on any atom is -0.381 e. The van der Waals surface area contributed by atoms with Gasteiger partial charge in [0.2, 0.25) is 0 Å². The number of aryl methyl sites for hydroxylation is 1. The number of methoxy groups -OCH3 is 1. The van der Waals surface area contributed by atoms with Crippen LogP contribution in [0.1, 0.15) is 36.8 Å². The molecule has 2 atom stereocenters. The summed E-state index contributed by atoms with van der Waals surface area (Å²) < 4.78 is 5.45. The summed E-state index contributed by atoms with van der Waals surface area (Å²) in [5.41, 5.74) is 2.61. The van der Waals surface area contributed by atoms with Gasteiger partial charge in [0.25, 0.3) is 0 Å².